The second-order valence-electron chi connectivity index (χ2n) is 1.08. The Balaban J connectivity index is 3.83. The number of amides is 2. The third kappa shape index (κ3) is 1.55. The van der Waals surface area contributed by atoms with Crippen LogP contribution in [-0.4, -0.2) is 22.2 Å². The van der Waals surface area contributed by atoms with Crippen molar-refractivity contribution in [3.8, 4) is 0 Å². The summed E-state index contributed by atoms with van der Waals surface area (Å²) < 4.78 is 11.5. The average Bonchev–Trinajstić information content (AvgIpc) is 1.64. The minimum Gasteiger partial charge on any atom is -0.463 e. The highest BCUT2D eigenvalue weighted by molar-refractivity contribution is 5.87. The first-order valence-electron chi connectivity index (χ1n) is 1.75. The first-order valence-corrected chi connectivity index (χ1v) is 1.75. The number of imide groups is 1. The van der Waals surface area contributed by atoms with Gasteiger partial charge in [-0.05, 0) is 0 Å². The SMILES string of the molecule is CC(=O)N(F)C(=O)O. The van der Waals surface area contributed by atoms with Gasteiger partial charge in [0.2, 0.25) is 0 Å². The van der Waals surface area contributed by atoms with E-state index < -0.39 is 17.1 Å². The van der Waals surface area contributed by atoms with Gasteiger partial charge in [0.15, 0.2) is 0 Å². The summed E-state index contributed by atoms with van der Waals surface area (Å²) in [5.41, 5.74) is 0. The van der Waals surface area contributed by atoms with Crippen molar-refractivity contribution in [2.45, 2.75) is 6.92 Å². The van der Waals surface area contributed by atoms with Crippen LogP contribution in [-0.2, 0) is 4.79 Å². The molecule has 4 nitrogen and oxygen atoms in total. The van der Waals surface area contributed by atoms with Crippen molar-refractivity contribution < 1.29 is 19.2 Å². The van der Waals surface area contributed by atoms with Gasteiger partial charge in [0, 0.05) is 6.92 Å². The quantitative estimate of drug-likeness (QED) is 0.472. The summed E-state index contributed by atoms with van der Waals surface area (Å²) in [5.74, 6) is -1.14. The molecule has 0 atom stereocenters. The smallest absolute Gasteiger partial charge is 0.443 e. The molecule has 8 heavy (non-hydrogen) atoms. The molecular weight excluding hydrogens is 117 g/mol. The first kappa shape index (κ1) is 6.87. The zero-order valence-electron chi connectivity index (χ0n) is 4.09. The van der Waals surface area contributed by atoms with Gasteiger partial charge in [0.25, 0.3) is 5.91 Å². The summed E-state index contributed by atoms with van der Waals surface area (Å²) in [4.78, 5) is 19.2. The zero-order valence-corrected chi connectivity index (χ0v) is 4.09. The van der Waals surface area contributed by atoms with E-state index in [1.807, 2.05) is 0 Å². The molecule has 0 radical (unpaired) electrons. The van der Waals surface area contributed by atoms with Crippen LogP contribution in [0.25, 0.3) is 0 Å². The van der Waals surface area contributed by atoms with Gasteiger partial charge in [-0.2, -0.15) is 0 Å². The molecule has 0 aromatic rings. The van der Waals surface area contributed by atoms with E-state index in [1.165, 1.54) is 0 Å². The lowest BCUT2D eigenvalue weighted by Gasteiger charge is -1.98. The third-order valence-electron chi connectivity index (χ3n) is 0.444. The van der Waals surface area contributed by atoms with Gasteiger partial charge in [0.1, 0.15) is 0 Å². The van der Waals surface area contributed by atoms with Crippen LogP contribution >= 0.6 is 0 Å². The maximum atomic E-state index is 11.5. The molecule has 0 bridgehead atoms. The highest BCUT2D eigenvalue weighted by atomic mass is 19.2. The van der Waals surface area contributed by atoms with E-state index in [2.05, 4.69) is 0 Å². The van der Waals surface area contributed by atoms with Gasteiger partial charge in [-0.25, -0.2) is 4.79 Å². The van der Waals surface area contributed by atoms with E-state index in [0.717, 1.165) is 6.92 Å². The van der Waals surface area contributed by atoms with Crippen LogP contribution in [0.2, 0.25) is 0 Å². The Kier molecular flexibility index (Phi) is 1.93. The summed E-state index contributed by atoms with van der Waals surface area (Å²) in [6.45, 7) is 0.814. The molecule has 2 amide bonds. The van der Waals surface area contributed by atoms with Gasteiger partial charge in [-0.1, -0.05) is 9.60 Å². The highest BCUT2D eigenvalue weighted by Gasteiger charge is 2.13. The fourth-order valence-electron chi connectivity index (χ4n) is 0.135. The Morgan fingerprint density at radius 1 is 1.62 bits per heavy atom. The van der Waals surface area contributed by atoms with Crippen LogP contribution in [0.3, 0.4) is 0 Å². The molecule has 0 aromatic heterocycles. The molecular formula is C3H4FNO3. The summed E-state index contributed by atoms with van der Waals surface area (Å²) >= 11 is 0. The molecule has 46 valence electrons. The Labute approximate surface area is 44.4 Å². The first-order chi connectivity index (χ1) is 3.55. The molecule has 0 rings (SSSR count). The van der Waals surface area contributed by atoms with Gasteiger partial charge >= 0.3 is 6.09 Å². The van der Waals surface area contributed by atoms with Crippen molar-refractivity contribution in [2.24, 2.45) is 0 Å². The Morgan fingerprint density at radius 3 is 2.00 bits per heavy atom. The van der Waals surface area contributed by atoms with E-state index in [4.69, 9.17) is 5.11 Å². The molecule has 0 aliphatic rings. The summed E-state index contributed by atoms with van der Waals surface area (Å²) in [6, 6.07) is 0. The molecule has 0 fully saturated rings. The molecule has 1 N–H and O–H groups in total. The van der Waals surface area contributed by atoms with Gasteiger partial charge in [0.05, 0.1) is 0 Å². The topological polar surface area (TPSA) is 57.6 Å². The lowest BCUT2D eigenvalue weighted by Crippen LogP contribution is -2.24. The van der Waals surface area contributed by atoms with Crippen molar-refractivity contribution in [1.82, 2.24) is 5.12 Å². The number of rotatable bonds is 0. The van der Waals surface area contributed by atoms with Crippen molar-refractivity contribution in [2.75, 3.05) is 0 Å². The number of carboxylic acid groups (broad SMARTS) is 1. The normalized spacial score (nSPS) is 8.25. The number of carbonyl (C=O) groups excluding carboxylic acids is 1. The molecule has 0 saturated heterocycles. The lowest BCUT2D eigenvalue weighted by atomic mass is 10.7. The standard InChI is InChI=1S/C3H4FNO3/c1-2(6)5(4)3(7)8/h1H3,(H,7,8). The van der Waals surface area contributed by atoms with Gasteiger partial charge in [-0.3, -0.25) is 4.79 Å². The molecule has 0 spiro atoms. The van der Waals surface area contributed by atoms with E-state index in [9.17, 15) is 14.1 Å². The van der Waals surface area contributed by atoms with E-state index >= 15 is 0 Å². The number of halogens is 1. The van der Waals surface area contributed by atoms with Crippen molar-refractivity contribution in [3.63, 3.8) is 0 Å². The van der Waals surface area contributed by atoms with Crippen molar-refractivity contribution in [3.05, 3.63) is 0 Å². The number of carbonyl (C=O) groups is 2. The summed E-state index contributed by atoms with van der Waals surface area (Å²) in [6.07, 6.45) is -1.89. The summed E-state index contributed by atoms with van der Waals surface area (Å²) in [7, 11) is 0. The largest absolute Gasteiger partial charge is 0.463 e. The van der Waals surface area contributed by atoms with Crippen LogP contribution in [0.1, 0.15) is 6.92 Å². The summed E-state index contributed by atoms with van der Waals surface area (Å²) in [5, 5.41) is 6.79. The molecule has 0 aromatic carbocycles. The van der Waals surface area contributed by atoms with Crippen LogP contribution in [0.4, 0.5) is 9.28 Å². The second kappa shape index (κ2) is 2.25. The van der Waals surface area contributed by atoms with Gasteiger partial charge in [-0.15, -0.1) is 0 Å². The highest BCUT2D eigenvalue weighted by Crippen LogP contribution is 1.88. The fraction of sp³-hybridized carbons (Fsp3) is 0.333. The molecule has 0 aliphatic carbocycles. The van der Waals surface area contributed by atoms with Crippen molar-refractivity contribution in [1.29, 1.82) is 0 Å². The lowest BCUT2D eigenvalue weighted by molar-refractivity contribution is -0.138. The minimum atomic E-state index is -1.89. The Hall–Kier alpha value is -1.13. The number of hydrogen-bond acceptors (Lipinski definition) is 2. The molecule has 5 heteroatoms. The Morgan fingerprint density at radius 2 is 2.00 bits per heavy atom. The predicted molar refractivity (Wildman–Crippen MR) is 21.7 cm³/mol. The van der Waals surface area contributed by atoms with Gasteiger partial charge < -0.3 is 5.11 Å². The van der Waals surface area contributed by atoms with Crippen LogP contribution in [0.5, 0.6) is 0 Å². The third-order valence-corrected chi connectivity index (χ3v) is 0.444. The Bertz CT molecular complexity index is 110. The number of nitrogens with zero attached hydrogens (tertiary/aromatic N) is 1. The van der Waals surface area contributed by atoms with E-state index in [-0.39, 0.29) is 0 Å². The monoisotopic (exact) mass is 121 g/mol. The molecule has 0 aliphatic heterocycles. The molecule has 0 heterocycles. The maximum Gasteiger partial charge on any atom is 0.443 e. The number of hydrogen-bond donors (Lipinski definition) is 1. The van der Waals surface area contributed by atoms with Crippen LogP contribution < -0.4 is 0 Å². The average molecular weight is 121 g/mol. The maximum absolute atomic E-state index is 11.5. The van der Waals surface area contributed by atoms with Crippen LogP contribution in [0.15, 0.2) is 0 Å². The fourth-order valence-corrected chi connectivity index (χ4v) is 0.135. The zero-order chi connectivity index (χ0) is 6.73. The molecule has 0 unspecified atom stereocenters. The minimum absolute atomic E-state index is 0.814. The van der Waals surface area contributed by atoms with Crippen molar-refractivity contribution >= 4 is 12.0 Å². The molecule has 0 saturated carbocycles. The van der Waals surface area contributed by atoms with E-state index in [0.29, 0.717) is 0 Å². The van der Waals surface area contributed by atoms with E-state index in [1.54, 1.807) is 0 Å². The predicted octanol–water partition coefficient (Wildman–Crippen LogP) is 0.397. The van der Waals surface area contributed by atoms with Crippen LogP contribution in [0, 0.1) is 0 Å². The second-order valence-corrected chi connectivity index (χ2v) is 1.08.